The molecule has 2 aromatic carbocycles. The van der Waals surface area contributed by atoms with Crippen molar-refractivity contribution in [1.82, 2.24) is 9.80 Å². The van der Waals surface area contributed by atoms with E-state index in [0.717, 1.165) is 5.56 Å². The van der Waals surface area contributed by atoms with Crippen molar-refractivity contribution in [2.45, 2.75) is 62.8 Å². The second-order valence-corrected chi connectivity index (χ2v) is 12.5. The van der Waals surface area contributed by atoms with E-state index in [9.17, 15) is 19.5 Å². The summed E-state index contributed by atoms with van der Waals surface area (Å²) in [6.07, 6.45) is 6.36. The van der Waals surface area contributed by atoms with Crippen molar-refractivity contribution in [3.8, 4) is 5.75 Å². The number of nitrogens with zero attached hydrogens (tertiary/aromatic N) is 3. The van der Waals surface area contributed by atoms with E-state index in [0.29, 0.717) is 63.2 Å². The van der Waals surface area contributed by atoms with Crippen molar-refractivity contribution >= 4 is 23.4 Å². The van der Waals surface area contributed by atoms with E-state index in [4.69, 9.17) is 9.47 Å². The quantitative estimate of drug-likeness (QED) is 0.236. The third-order valence-electron chi connectivity index (χ3n) is 9.67. The predicted molar refractivity (Wildman–Crippen MR) is 172 cm³/mol. The Bertz CT molecular complexity index is 1400. The molecule has 2 aromatic rings. The van der Waals surface area contributed by atoms with Gasteiger partial charge < -0.3 is 29.3 Å². The van der Waals surface area contributed by atoms with Crippen LogP contribution in [0.25, 0.3) is 0 Å². The monoisotopic (exact) mass is 615 g/mol. The maximum absolute atomic E-state index is 14.7. The number of aliphatic hydroxyl groups excluding tert-OH is 1. The van der Waals surface area contributed by atoms with Crippen LogP contribution in [-0.4, -0.2) is 83.2 Å². The molecule has 2 unspecified atom stereocenters. The highest BCUT2D eigenvalue weighted by molar-refractivity contribution is 6.05. The molecule has 0 radical (unpaired) electrons. The number of aliphatic hydroxyl groups is 1. The van der Waals surface area contributed by atoms with Gasteiger partial charge in [-0.15, -0.1) is 13.2 Å². The molecule has 1 spiro atoms. The average molecular weight is 616 g/mol. The SMILES string of the molecule is C=CCN(Cc1ccccc1)C(=O)[C@H]1[C@H]2C(=O)N(CCCCCO)C(C(=O)N(CC=C)c3ccc(OC)cc3)C23CC[C@]1(C)O3. The first-order chi connectivity index (χ1) is 21.7. The minimum Gasteiger partial charge on any atom is -0.497 e. The van der Waals surface area contributed by atoms with Gasteiger partial charge in [-0.1, -0.05) is 42.5 Å². The Morgan fingerprint density at radius 2 is 1.73 bits per heavy atom. The third-order valence-corrected chi connectivity index (χ3v) is 9.67. The van der Waals surface area contributed by atoms with Crippen LogP contribution in [0.3, 0.4) is 0 Å². The summed E-state index contributed by atoms with van der Waals surface area (Å²) in [6.45, 7) is 11.0. The molecule has 5 atom stereocenters. The van der Waals surface area contributed by atoms with Crippen LogP contribution in [0.15, 0.2) is 79.9 Å². The molecule has 9 heteroatoms. The molecule has 3 aliphatic heterocycles. The molecule has 9 nitrogen and oxygen atoms in total. The molecular weight excluding hydrogens is 570 g/mol. The molecule has 3 saturated heterocycles. The predicted octanol–water partition coefficient (Wildman–Crippen LogP) is 4.36. The Balaban J connectivity index is 1.53. The zero-order valence-corrected chi connectivity index (χ0v) is 26.4. The van der Waals surface area contributed by atoms with Crippen molar-refractivity contribution in [3.63, 3.8) is 0 Å². The van der Waals surface area contributed by atoms with Gasteiger partial charge in [0.05, 0.1) is 24.5 Å². The van der Waals surface area contributed by atoms with Crippen molar-refractivity contribution in [2.24, 2.45) is 11.8 Å². The first kappa shape index (κ1) is 32.4. The van der Waals surface area contributed by atoms with Crippen molar-refractivity contribution in [3.05, 3.63) is 85.5 Å². The van der Waals surface area contributed by atoms with Gasteiger partial charge in [-0.25, -0.2) is 0 Å². The maximum Gasteiger partial charge on any atom is 0.253 e. The molecule has 45 heavy (non-hydrogen) atoms. The lowest BCUT2D eigenvalue weighted by Gasteiger charge is -2.37. The van der Waals surface area contributed by atoms with Gasteiger partial charge in [0, 0.05) is 38.5 Å². The summed E-state index contributed by atoms with van der Waals surface area (Å²) in [6, 6.07) is 16.1. The van der Waals surface area contributed by atoms with Crippen LogP contribution in [0.2, 0.25) is 0 Å². The Hall–Kier alpha value is -3.95. The average Bonchev–Trinajstić information content (AvgIpc) is 3.62. The van der Waals surface area contributed by atoms with Gasteiger partial charge in [0.2, 0.25) is 11.8 Å². The lowest BCUT2D eigenvalue weighted by atomic mass is 9.66. The van der Waals surface area contributed by atoms with Gasteiger partial charge in [0.1, 0.15) is 17.4 Å². The van der Waals surface area contributed by atoms with Crippen LogP contribution in [0.4, 0.5) is 5.69 Å². The molecule has 0 aliphatic carbocycles. The topological polar surface area (TPSA) is 99.6 Å². The van der Waals surface area contributed by atoms with Crippen LogP contribution >= 0.6 is 0 Å². The number of ether oxygens (including phenoxy) is 2. The van der Waals surface area contributed by atoms with Gasteiger partial charge in [0.15, 0.2) is 0 Å². The van der Waals surface area contributed by atoms with E-state index in [1.165, 1.54) is 0 Å². The van der Waals surface area contributed by atoms with E-state index >= 15 is 0 Å². The van der Waals surface area contributed by atoms with Gasteiger partial charge >= 0.3 is 0 Å². The summed E-state index contributed by atoms with van der Waals surface area (Å²) in [7, 11) is 1.59. The van der Waals surface area contributed by atoms with E-state index in [2.05, 4.69) is 13.2 Å². The van der Waals surface area contributed by atoms with Crippen molar-refractivity contribution < 1.29 is 29.0 Å². The Morgan fingerprint density at radius 1 is 1.02 bits per heavy atom. The number of benzene rings is 2. The van der Waals surface area contributed by atoms with Crippen molar-refractivity contribution in [2.75, 3.05) is 38.3 Å². The molecule has 1 N–H and O–H groups in total. The third kappa shape index (κ3) is 5.91. The summed E-state index contributed by atoms with van der Waals surface area (Å²) < 4.78 is 12.2. The second-order valence-electron chi connectivity index (χ2n) is 12.5. The van der Waals surface area contributed by atoms with Crippen LogP contribution in [0.5, 0.6) is 5.75 Å². The van der Waals surface area contributed by atoms with Gasteiger partial charge in [-0.3, -0.25) is 14.4 Å². The first-order valence-corrected chi connectivity index (χ1v) is 15.9. The number of carbonyl (C=O) groups is 3. The van der Waals surface area contributed by atoms with Crippen LogP contribution in [0, 0.1) is 11.8 Å². The molecule has 3 amide bonds. The molecule has 3 fully saturated rings. The maximum atomic E-state index is 14.7. The Morgan fingerprint density at radius 3 is 2.38 bits per heavy atom. The lowest BCUT2D eigenvalue weighted by molar-refractivity contribution is -0.150. The number of methoxy groups -OCH3 is 1. The number of fused-ring (bicyclic) bond motifs is 1. The molecule has 0 aromatic heterocycles. The van der Waals surface area contributed by atoms with E-state index in [1.54, 1.807) is 46.1 Å². The molecule has 3 aliphatic rings. The number of anilines is 1. The van der Waals surface area contributed by atoms with E-state index in [1.807, 2.05) is 49.4 Å². The molecule has 240 valence electrons. The summed E-state index contributed by atoms with van der Waals surface area (Å²) >= 11 is 0. The smallest absolute Gasteiger partial charge is 0.253 e. The zero-order chi connectivity index (χ0) is 32.2. The minimum absolute atomic E-state index is 0.0616. The van der Waals surface area contributed by atoms with Gasteiger partial charge in [0.25, 0.3) is 5.91 Å². The number of amides is 3. The summed E-state index contributed by atoms with van der Waals surface area (Å²) in [5.74, 6) is -1.51. The van der Waals surface area contributed by atoms with Crippen LogP contribution in [-0.2, 0) is 25.7 Å². The van der Waals surface area contributed by atoms with E-state index < -0.39 is 29.1 Å². The number of carbonyl (C=O) groups excluding carboxylic acids is 3. The molecule has 2 bridgehead atoms. The number of hydrogen-bond donors (Lipinski definition) is 1. The van der Waals surface area contributed by atoms with Crippen LogP contribution < -0.4 is 9.64 Å². The van der Waals surface area contributed by atoms with Gasteiger partial charge in [-0.2, -0.15) is 0 Å². The molecule has 0 saturated carbocycles. The fourth-order valence-corrected chi connectivity index (χ4v) is 7.64. The molecule has 5 rings (SSSR count). The number of hydrogen-bond acceptors (Lipinski definition) is 6. The molecular formula is C36H45N3O6. The normalized spacial score (nSPS) is 26.4. The summed E-state index contributed by atoms with van der Waals surface area (Å²) in [5, 5.41) is 9.36. The fourth-order valence-electron chi connectivity index (χ4n) is 7.64. The van der Waals surface area contributed by atoms with Crippen LogP contribution in [0.1, 0.15) is 44.6 Å². The number of likely N-dealkylation sites (tertiary alicyclic amines) is 1. The molecule has 3 heterocycles. The minimum atomic E-state index is -1.14. The highest BCUT2D eigenvalue weighted by Gasteiger charge is 2.78. The standard InChI is InChI=1S/C36H45N3O6/c1-5-21-37(25-26-13-9-7-10-14-26)32(41)29-30-33(42)39(23-11-8-12-24-40)31(36(30)20-19-35(29,3)45-36)34(43)38(22-6-2)27-15-17-28(44-4)18-16-27/h5-7,9-10,13-18,29-31,40H,1-2,8,11-12,19-25H2,3-4H3/t29-,30+,31?,35+,36?/m1/s1. The fraction of sp³-hybridized carbons (Fsp3) is 0.472. The summed E-state index contributed by atoms with van der Waals surface area (Å²) in [5.41, 5.74) is -0.399. The Kier molecular flexibility index (Phi) is 9.79. The second kappa shape index (κ2) is 13.6. The first-order valence-electron chi connectivity index (χ1n) is 15.9. The van der Waals surface area contributed by atoms with E-state index in [-0.39, 0.29) is 30.9 Å². The highest BCUT2D eigenvalue weighted by Crippen LogP contribution is 2.63. The largest absolute Gasteiger partial charge is 0.497 e. The number of unbranched alkanes of at least 4 members (excludes halogenated alkanes) is 2. The zero-order valence-electron chi connectivity index (χ0n) is 26.4. The highest BCUT2D eigenvalue weighted by atomic mass is 16.5. The summed E-state index contributed by atoms with van der Waals surface area (Å²) in [4.78, 5) is 48.8. The Labute approximate surface area is 266 Å². The lowest BCUT2D eigenvalue weighted by Crippen LogP contribution is -2.56. The van der Waals surface area contributed by atoms with Gasteiger partial charge in [-0.05, 0) is 68.9 Å². The van der Waals surface area contributed by atoms with Crippen molar-refractivity contribution in [1.29, 1.82) is 0 Å². The number of rotatable bonds is 15.